The van der Waals surface area contributed by atoms with E-state index in [-0.39, 0.29) is 11.9 Å². The Kier molecular flexibility index (Phi) is 3.66. The molecule has 3 nitrogen and oxygen atoms in total. The van der Waals surface area contributed by atoms with E-state index in [2.05, 4.69) is 10.2 Å². The van der Waals surface area contributed by atoms with Crippen LogP contribution in [0.3, 0.4) is 0 Å². The number of piperidine rings is 1. The van der Waals surface area contributed by atoms with Gasteiger partial charge in [-0.15, -0.1) is 0 Å². The minimum absolute atomic E-state index is 0.141. The minimum atomic E-state index is -0.919. The first kappa shape index (κ1) is 10.4. The molecule has 1 N–H and O–H groups in total. The van der Waals surface area contributed by atoms with E-state index in [4.69, 9.17) is 0 Å². The van der Waals surface area contributed by atoms with Crippen molar-refractivity contribution in [1.29, 1.82) is 0 Å². The molecule has 2 atom stereocenters. The average Bonchev–Trinajstić information content (AvgIpc) is 2.08. The van der Waals surface area contributed by atoms with Crippen molar-refractivity contribution in [1.82, 2.24) is 10.2 Å². The highest BCUT2D eigenvalue weighted by molar-refractivity contribution is 5.73. The fourth-order valence-corrected chi connectivity index (χ4v) is 1.68. The maximum atomic E-state index is 13.4. The normalized spacial score (nSPS) is 30.1. The molecule has 1 amide bonds. The smallest absolute Gasteiger partial charge is 0.217 e. The van der Waals surface area contributed by atoms with Crippen LogP contribution in [0.15, 0.2) is 0 Å². The quantitative estimate of drug-likeness (QED) is 0.686. The molecule has 76 valence electrons. The second-order valence-electron chi connectivity index (χ2n) is 3.50. The molecule has 1 aliphatic heterocycles. The first-order chi connectivity index (χ1) is 6.13. The Hall–Kier alpha value is -0.640. The summed E-state index contributed by atoms with van der Waals surface area (Å²) in [5.74, 6) is -0.141. The second-order valence-corrected chi connectivity index (χ2v) is 3.50. The molecule has 1 aliphatic rings. The highest BCUT2D eigenvalue weighted by Crippen LogP contribution is 2.13. The molecule has 1 saturated heterocycles. The highest BCUT2D eigenvalue weighted by Gasteiger charge is 2.28. The van der Waals surface area contributed by atoms with E-state index in [0.29, 0.717) is 13.0 Å². The lowest BCUT2D eigenvalue weighted by molar-refractivity contribution is -0.120. The van der Waals surface area contributed by atoms with Crippen LogP contribution in [0.2, 0.25) is 0 Å². The first-order valence-corrected chi connectivity index (χ1v) is 4.77. The van der Waals surface area contributed by atoms with Crippen LogP contribution in [-0.4, -0.2) is 42.7 Å². The van der Waals surface area contributed by atoms with Crippen molar-refractivity contribution in [3.63, 3.8) is 0 Å². The van der Waals surface area contributed by atoms with Crippen LogP contribution in [0.25, 0.3) is 0 Å². The zero-order valence-electron chi connectivity index (χ0n) is 8.22. The van der Waals surface area contributed by atoms with Crippen LogP contribution < -0.4 is 5.32 Å². The molecule has 0 bridgehead atoms. The Morgan fingerprint density at radius 3 is 2.85 bits per heavy atom. The maximum absolute atomic E-state index is 13.4. The molecule has 0 radical (unpaired) electrons. The summed E-state index contributed by atoms with van der Waals surface area (Å²) < 4.78 is 13.4. The molecule has 0 aromatic heterocycles. The number of halogens is 1. The molecule has 4 heteroatoms. The molecule has 1 fully saturated rings. The third-order valence-electron chi connectivity index (χ3n) is 2.46. The molecule has 1 rings (SSSR count). The number of nitrogens with one attached hydrogen (secondary N) is 1. The van der Waals surface area contributed by atoms with Gasteiger partial charge < -0.3 is 10.2 Å². The zero-order chi connectivity index (χ0) is 9.84. The van der Waals surface area contributed by atoms with Crippen LogP contribution in [-0.2, 0) is 4.79 Å². The third kappa shape index (κ3) is 2.95. The van der Waals surface area contributed by atoms with Gasteiger partial charge in [0.2, 0.25) is 5.91 Å². The fourth-order valence-electron chi connectivity index (χ4n) is 1.68. The topological polar surface area (TPSA) is 32.3 Å². The van der Waals surface area contributed by atoms with Gasteiger partial charge in [0, 0.05) is 20.0 Å². The predicted molar refractivity (Wildman–Crippen MR) is 49.2 cm³/mol. The maximum Gasteiger partial charge on any atom is 0.217 e. The number of hydrogen-bond donors (Lipinski definition) is 1. The van der Waals surface area contributed by atoms with Crippen LogP contribution in [0, 0.1) is 0 Å². The summed E-state index contributed by atoms with van der Waals surface area (Å²) in [6.07, 6.45) is -0.202. The van der Waals surface area contributed by atoms with Crippen LogP contribution in [0.5, 0.6) is 0 Å². The van der Waals surface area contributed by atoms with Gasteiger partial charge in [0.15, 0.2) is 0 Å². The van der Waals surface area contributed by atoms with Gasteiger partial charge in [-0.2, -0.15) is 0 Å². The molecular weight excluding hydrogens is 171 g/mol. The van der Waals surface area contributed by atoms with Gasteiger partial charge >= 0.3 is 0 Å². The minimum Gasteiger partial charge on any atom is -0.351 e. The summed E-state index contributed by atoms with van der Waals surface area (Å²) in [6, 6.07) is -0.278. The van der Waals surface area contributed by atoms with Gasteiger partial charge in [-0.3, -0.25) is 4.79 Å². The van der Waals surface area contributed by atoms with Gasteiger partial charge in [0.25, 0.3) is 0 Å². The lowest BCUT2D eigenvalue weighted by Crippen LogP contribution is -2.51. The van der Waals surface area contributed by atoms with Crippen molar-refractivity contribution >= 4 is 5.91 Å². The van der Waals surface area contributed by atoms with Crippen molar-refractivity contribution in [3.05, 3.63) is 0 Å². The summed E-state index contributed by atoms with van der Waals surface area (Å²) in [5, 5.41) is 2.64. The van der Waals surface area contributed by atoms with E-state index in [1.54, 1.807) is 0 Å². The Morgan fingerprint density at radius 1 is 1.69 bits per heavy atom. The van der Waals surface area contributed by atoms with E-state index >= 15 is 0 Å². The Morgan fingerprint density at radius 2 is 2.38 bits per heavy atom. The average molecular weight is 188 g/mol. The monoisotopic (exact) mass is 188 g/mol. The first-order valence-electron chi connectivity index (χ1n) is 4.77. The molecular formula is C9H17FN2O. The van der Waals surface area contributed by atoms with E-state index in [0.717, 1.165) is 13.1 Å². The van der Waals surface area contributed by atoms with Crippen LogP contribution in [0.4, 0.5) is 4.39 Å². The largest absolute Gasteiger partial charge is 0.351 e. The fraction of sp³-hybridized carbons (Fsp3) is 0.889. The van der Waals surface area contributed by atoms with E-state index < -0.39 is 6.17 Å². The Balaban J connectivity index is 2.39. The Bertz CT molecular complexity index is 186. The van der Waals surface area contributed by atoms with Gasteiger partial charge in [0.1, 0.15) is 6.17 Å². The number of hydrogen-bond acceptors (Lipinski definition) is 2. The number of nitrogens with zero attached hydrogens (tertiary/aromatic N) is 1. The number of carbonyl (C=O) groups excluding carboxylic acids is 1. The van der Waals surface area contributed by atoms with E-state index in [9.17, 15) is 9.18 Å². The number of likely N-dealkylation sites (tertiary alicyclic amines) is 1. The molecule has 2 unspecified atom stereocenters. The van der Waals surface area contributed by atoms with Crippen LogP contribution in [0.1, 0.15) is 20.3 Å². The molecule has 0 saturated carbocycles. The standard InChI is InChI=1S/C9H17FN2O/c1-3-12-5-4-9(8(10)6-12)11-7(2)13/h8-9H,3-6H2,1-2H3,(H,11,13). The number of alkyl halides is 1. The molecule has 1 heterocycles. The van der Waals surface area contributed by atoms with E-state index in [1.807, 2.05) is 6.92 Å². The van der Waals surface area contributed by atoms with Gasteiger partial charge in [-0.05, 0) is 13.0 Å². The lowest BCUT2D eigenvalue weighted by Gasteiger charge is -2.34. The summed E-state index contributed by atoms with van der Waals surface area (Å²) in [7, 11) is 0. The van der Waals surface area contributed by atoms with Gasteiger partial charge in [-0.1, -0.05) is 6.92 Å². The molecule has 0 spiro atoms. The Labute approximate surface area is 78.3 Å². The lowest BCUT2D eigenvalue weighted by atomic mass is 10.0. The second kappa shape index (κ2) is 4.56. The predicted octanol–water partition coefficient (Wildman–Crippen LogP) is 0.555. The molecule has 0 aliphatic carbocycles. The van der Waals surface area contributed by atoms with Gasteiger partial charge in [-0.25, -0.2) is 4.39 Å². The number of amides is 1. The number of carbonyl (C=O) groups is 1. The summed E-state index contributed by atoms with van der Waals surface area (Å²) in [6.45, 7) is 5.65. The third-order valence-corrected chi connectivity index (χ3v) is 2.46. The summed E-state index contributed by atoms with van der Waals surface area (Å²) >= 11 is 0. The molecule has 13 heavy (non-hydrogen) atoms. The van der Waals surface area contributed by atoms with Crippen LogP contribution >= 0.6 is 0 Å². The number of rotatable bonds is 2. The summed E-state index contributed by atoms with van der Waals surface area (Å²) in [4.78, 5) is 12.8. The van der Waals surface area contributed by atoms with Crippen molar-refractivity contribution < 1.29 is 9.18 Å². The highest BCUT2D eigenvalue weighted by atomic mass is 19.1. The summed E-state index contributed by atoms with van der Waals surface area (Å²) in [5.41, 5.74) is 0. The van der Waals surface area contributed by atoms with Gasteiger partial charge in [0.05, 0.1) is 6.04 Å². The molecule has 0 aromatic carbocycles. The van der Waals surface area contributed by atoms with Crippen molar-refractivity contribution in [2.45, 2.75) is 32.5 Å². The van der Waals surface area contributed by atoms with E-state index in [1.165, 1.54) is 6.92 Å². The van der Waals surface area contributed by atoms with Crippen molar-refractivity contribution in [3.8, 4) is 0 Å². The van der Waals surface area contributed by atoms with Crippen molar-refractivity contribution in [2.75, 3.05) is 19.6 Å². The van der Waals surface area contributed by atoms with Crippen molar-refractivity contribution in [2.24, 2.45) is 0 Å². The molecule has 0 aromatic rings. The zero-order valence-corrected chi connectivity index (χ0v) is 8.22. The SMILES string of the molecule is CCN1CCC(NC(C)=O)C(F)C1.